The first-order valence-electron chi connectivity index (χ1n) is 10.3. The summed E-state index contributed by atoms with van der Waals surface area (Å²) in [5.74, 6) is 1.55. The molecule has 2 aromatic rings. The van der Waals surface area contributed by atoms with E-state index in [0.29, 0.717) is 17.2 Å². The Bertz CT molecular complexity index is 845. The van der Waals surface area contributed by atoms with Crippen LogP contribution in [-0.4, -0.2) is 24.9 Å². The third-order valence-electron chi connectivity index (χ3n) is 5.37. The number of esters is 1. The number of anilines is 1. The fourth-order valence-corrected chi connectivity index (χ4v) is 8.94. The van der Waals surface area contributed by atoms with E-state index in [-0.39, 0.29) is 44.6 Å². The third kappa shape index (κ3) is 6.88. The normalized spacial score (nSPS) is 16.3. The summed E-state index contributed by atoms with van der Waals surface area (Å²) in [6.45, 7) is 4.02. The van der Waals surface area contributed by atoms with Crippen LogP contribution in [-0.2, 0) is 43.6 Å². The molecule has 2 heterocycles. The maximum Gasteiger partial charge on any atom is 0.350 e. The molecule has 0 spiro atoms. The van der Waals surface area contributed by atoms with Crippen molar-refractivity contribution in [2.75, 3.05) is 24.2 Å². The van der Waals surface area contributed by atoms with Gasteiger partial charge in [0, 0.05) is 40.0 Å². The molecule has 1 aliphatic rings. The molecule has 7 heteroatoms. The Kier molecular flexibility index (Phi) is 10.5. The summed E-state index contributed by atoms with van der Waals surface area (Å²) in [7, 11) is -1.55. The maximum atomic E-state index is 13.1. The van der Waals surface area contributed by atoms with E-state index >= 15 is 0 Å². The molecule has 1 radical (unpaired) electrons. The molecule has 0 saturated carbocycles. The summed E-state index contributed by atoms with van der Waals surface area (Å²) in [6, 6.07) is 10.5. The molecule has 0 bridgehead atoms. The number of aryl methyl sites for hydroxylation is 1. The van der Waals surface area contributed by atoms with Crippen molar-refractivity contribution >= 4 is 30.3 Å². The number of rotatable bonds is 7. The Labute approximate surface area is 209 Å². The fraction of sp³-hybridized carbons (Fsp3) is 0.435. The van der Waals surface area contributed by atoms with Crippen LogP contribution in [0.2, 0.25) is 0 Å². The van der Waals surface area contributed by atoms with Crippen molar-refractivity contribution in [3.63, 3.8) is 0 Å². The van der Waals surface area contributed by atoms with Gasteiger partial charge in [-0.3, -0.25) is 0 Å². The molecule has 30 heavy (non-hydrogen) atoms. The fourth-order valence-electron chi connectivity index (χ4n) is 3.95. The second-order valence-electron chi connectivity index (χ2n) is 7.69. The summed E-state index contributed by atoms with van der Waals surface area (Å²) in [5.41, 5.74) is 2.81. The Morgan fingerprint density at radius 1 is 1.20 bits per heavy atom. The minimum Gasteiger partial charge on any atom is -0.858 e. The summed E-state index contributed by atoms with van der Waals surface area (Å²) < 4.78 is 5.15. The van der Waals surface area contributed by atoms with E-state index in [9.17, 15) is 9.90 Å². The molecule has 1 saturated heterocycles. The smallest absolute Gasteiger partial charge is 0.350 e. The summed E-state index contributed by atoms with van der Waals surface area (Å²) in [6.07, 6.45) is 8.12. The van der Waals surface area contributed by atoms with Crippen molar-refractivity contribution in [1.29, 1.82) is 0 Å². The quantitative estimate of drug-likeness (QED) is 0.294. The molecule has 1 aromatic heterocycles. The Balaban J connectivity index is 0.00000320. The van der Waals surface area contributed by atoms with Crippen molar-refractivity contribution in [3.05, 3.63) is 63.4 Å². The Morgan fingerprint density at radius 2 is 1.87 bits per heavy atom. The number of benzene rings is 1. The minimum absolute atomic E-state index is 0. The van der Waals surface area contributed by atoms with E-state index in [1.54, 1.807) is 6.92 Å². The van der Waals surface area contributed by atoms with Gasteiger partial charge in [0.1, 0.15) is 4.88 Å². The Morgan fingerprint density at radius 3 is 2.50 bits per heavy atom. The molecule has 159 valence electrons. The van der Waals surface area contributed by atoms with Crippen molar-refractivity contribution < 1.29 is 47.3 Å². The van der Waals surface area contributed by atoms with Gasteiger partial charge in [-0.15, -0.1) is 11.3 Å². The molecule has 1 N–H and O–H groups in total. The van der Waals surface area contributed by atoms with Gasteiger partial charge in [0.05, 0.1) is 36.6 Å². The van der Waals surface area contributed by atoms with E-state index in [1.165, 1.54) is 42.6 Å². The molecular formula is C23H30NO3PSY. The van der Waals surface area contributed by atoms with E-state index in [2.05, 4.69) is 29.6 Å². The zero-order chi connectivity index (χ0) is 20.7. The van der Waals surface area contributed by atoms with Crippen molar-refractivity contribution in [2.45, 2.75) is 45.7 Å². The monoisotopic (exact) mass is 520 g/mol. The van der Waals surface area contributed by atoms with Crippen molar-refractivity contribution in [1.82, 2.24) is 0 Å². The SMILES string of the molecule is CCOC(=O)c1scc(C)c1NC([O-])=C[P+]1(Cc2ccccc2)CCCCCC1.[Y]. The van der Waals surface area contributed by atoms with Gasteiger partial charge in [0.15, 0.2) is 0 Å². The number of carbonyl (C=O) groups excluding carboxylic acids is 1. The zero-order valence-electron chi connectivity index (χ0n) is 17.9. The molecule has 0 unspecified atom stereocenters. The van der Waals surface area contributed by atoms with Crippen LogP contribution in [0.15, 0.2) is 47.4 Å². The largest absolute Gasteiger partial charge is 0.858 e. The van der Waals surface area contributed by atoms with Crippen molar-refractivity contribution in [2.24, 2.45) is 0 Å². The van der Waals surface area contributed by atoms with E-state index in [0.717, 1.165) is 24.0 Å². The predicted molar refractivity (Wildman–Crippen MR) is 122 cm³/mol. The first-order valence-corrected chi connectivity index (χ1v) is 13.6. The molecule has 3 rings (SSSR count). The van der Waals surface area contributed by atoms with Gasteiger partial charge in [0.25, 0.3) is 0 Å². The molecule has 0 atom stereocenters. The van der Waals surface area contributed by atoms with Gasteiger partial charge in [-0.1, -0.05) is 30.3 Å². The van der Waals surface area contributed by atoms with Crippen LogP contribution >= 0.6 is 18.6 Å². The van der Waals surface area contributed by atoms with Crippen LogP contribution < -0.4 is 10.4 Å². The van der Waals surface area contributed by atoms with Crippen LogP contribution in [0, 0.1) is 6.92 Å². The topological polar surface area (TPSA) is 61.4 Å². The van der Waals surface area contributed by atoms with Gasteiger partial charge in [-0.2, -0.15) is 0 Å². The van der Waals surface area contributed by atoms with Crippen LogP contribution in [0.5, 0.6) is 0 Å². The molecular weight excluding hydrogens is 490 g/mol. The second kappa shape index (κ2) is 12.3. The average molecular weight is 520 g/mol. The van der Waals surface area contributed by atoms with Gasteiger partial charge < -0.3 is 15.2 Å². The first-order chi connectivity index (χ1) is 14.0. The molecule has 0 amide bonds. The third-order valence-corrected chi connectivity index (χ3v) is 10.6. The molecule has 1 aromatic carbocycles. The van der Waals surface area contributed by atoms with Crippen LogP contribution in [0.3, 0.4) is 0 Å². The standard InChI is InChI=1S/C23H30NO3PS.Y/c1-3-27-23(26)22-21(18(2)17-29-22)24-20(25)16-28(13-9-4-5-10-14-28)15-19-11-7-6-8-12-19;/h6-8,11-12,16-17H,3-5,9-10,13-15H2,1-2H3,(H-,24,25,26);. The number of ether oxygens (including phenoxy) is 1. The van der Waals surface area contributed by atoms with E-state index in [4.69, 9.17) is 4.74 Å². The van der Waals surface area contributed by atoms with Crippen LogP contribution in [0.4, 0.5) is 5.69 Å². The number of hydrogen-bond donors (Lipinski definition) is 1. The van der Waals surface area contributed by atoms with E-state index in [1.807, 2.05) is 24.2 Å². The van der Waals surface area contributed by atoms with Gasteiger partial charge >= 0.3 is 5.97 Å². The molecule has 0 aliphatic carbocycles. The number of hydrogen-bond acceptors (Lipinski definition) is 5. The van der Waals surface area contributed by atoms with Gasteiger partial charge in [0.2, 0.25) is 0 Å². The predicted octanol–water partition coefficient (Wildman–Crippen LogP) is 5.59. The van der Waals surface area contributed by atoms with E-state index < -0.39 is 7.26 Å². The minimum atomic E-state index is -1.55. The second-order valence-corrected chi connectivity index (χ2v) is 12.5. The van der Waals surface area contributed by atoms with Crippen LogP contribution in [0.1, 0.15) is 53.4 Å². The number of thiophene rings is 1. The summed E-state index contributed by atoms with van der Waals surface area (Å²) in [4.78, 5) is 12.7. The van der Waals surface area contributed by atoms with Crippen LogP contribution in [0.25, 0.3) is 0 Å². The molecule has 1 aliphatic heterocycles. The molecule has 4 nitrogen and oxygen atoms in total. The number of carbonyl (C=O) groups is 1. The summed E-state index contributed by atoms with van der Waals surface area (Å²) in [5, 5.41) is 18.0. The maximum absolute atomic E-state index is 13.1. The molecule has 1 fully saturated rings. The van der Waals surface area contributed by atoms with Crippen molar-refractivity contribution in [3.8, 4) is 0 Å². The van der Waals surface area contributed by atoms with Gasteiger partial charge in [-0.05, 0) is 61.9 Å². The first kappa shape index (κ1) is 25.5. The van der Waals surface area contributed by atoms with Gasteiger partial charge in [-0.25, -0.2) is 4.79 Å². The summed E-state index contributed by atoms with van der Waals surface area (Å²) >= 11 is 1.32. The Hall–Kier alpha value is -0.736. The average Bonchev–Trinajstić information content (AvgIpc) is 2.91. The number of nitrogens with one attached hydrogen (secondary N) is 1. The zero-order valence-corrected chi connectivity index (χ0v) is 22.4.